The smallest absolute Gasteiger partial charge is 0.326 e. The van der Waals surface area contributed by atoms with Crippen LogP contribution in [0.4, 0.5) is 0 Å². The zero-order chi connectivity index (χ0) is 15.3. The predicted molar refractivity (Wildman–Crippen MR) is 84.4 cm³/mol. The van der Waals surface area contributed by atoms with E-state index in [4.69, 9.17) is 4.74 Å². The van der Waals surface area contributed by atoms with Crippen LogP contribution in [-0.2, 0) is 9.53 Å². The Morgan fingerprint density at radius 3 is 2.57 bits per heavy atom. The first-order valence-electron chi connectivity index (χ1n) is 8.45. The highest BCUT2D eigenvalue weighted by atomic mass is 16.5. The first kappa shape index (κ1) is 16.7. The zero-order valence-electron chi connectivity index (χ0n) is 13.9. The minimum absolute atomic E-state index is 0.0822. The third-order valence-electron chi connectivity index (χ3n) is 5.19. The molecule has 0 amide bonds. The van der Waals surface area contributed by atoms with Gasteiger partial charge in [-0.25, -0.2) is 0 Å². The van der Waals surface area contributed by atoms with E-state index in [1.54, 1.807) is 0 Å². The average Bonchev–Trinajstić information content (AvgIpc) is 2.54. The largest absolute Gasteiger partial charge is 0.468 e. The van der Waals surface area contributed by atoms with Crippen LogP contribution in [0.1, 0.15) is 39.5 Å². The maximum absolute atomic E-state index is 12.3. The van der Waals surface area contributed by atoms with Crippen LogP contribution < -0.4 is 5.32 Å². The summed E-state index contributed by atoms with van der Waals surface area (Å²) in [6.45, 7) is 10.8. The van der Waals surface area contributed by atoms with E-state index in [-0.39, 0.29) is 5.97 Å². The van der Waals surface area contributed by atoms with Crippen LogP contribution >= 0.6 is 0 Å². The minimum Gasteiger partial charge on any atom is -0.468 e. The lowest BCUT2D eigenvalue weighted by Crippen LogP contribution is -2.60. The molecule has 2 fully saturated rings. The molecule has 0 aromatic carbocycles. The van der Waals surface area contributed by atoms with E-state index in [1.165, 1.54) is 13.5 Å². The fourth-order valence-electron chi connectivity index (χ4n) is 3.95. The van der Waals surface area contributed by atoms with Crippen molar-refractivity contribution in [3.63, 3.8) is 0 Å². The molecule has 21 heavy (non-hydrogen) atoms. The van der Waals surface area contributed by atoms with Gasteiger partial charge in [0.1, 0.15) is 5.54 Å². The summed E-state index contributed by atoms with van der Waals surface area (Å²) in [7, 11) is 1.51. The molecule has 1 saturated heterocycles. The van der Waals surface area contributed by atoms with Crippen molar-refractivity contribution in [1.29, 1.82) is 0 Å². The second-order valence-electron chi connectivity index (χ2n) is 6.32. The van der Waals surface area contributed by atoms with E-state index in [1.807, 2.05) is 0 Å². The Morgan fingerprint density at radius 1 is 1.29 bits per heavy atom. The number of piperazine rings is 1. The highest BCUT2D eigenvalue weighted by Gasteiger charge is 2.44. The van der Waals surface area contributed by atoms with Crippen LogP contribution in [-0.4, -0.2) is 73.7 Å². The van der Waals surface area contributed by atoms with Gasteiger partial charge in [0.05, 0.1) is 7.11 Å². The molecular weight excluding hydrogens is 266 g/mol. The Morgan fingerprint density at radius 2 is 2.00 bits per heavy atom. The number of carbonyl (C=O) groups is 1. The van der Waals surface area contributed by atoms with E-state index in [9.17, 15) is 4.79 Å². The molecule has 0 aromatic rings. The van der Waals surface area contributed by atoms with Gasteiger partial charge in [-0.2, -0.15) is 0 Å². The number of hydrogen-bond acceptors (Lipinski definition) is 5. The maximum atomic E-state index is 12.3. The number of methoxy groups -OCH3 is 1. The van der Waals surface area contributed by atoms with Crippen LogP contribution in [0.25, 0.3) is 0 Å². The number of ether oxygens (including phenoxy) is 1. The number of carbonyl (C=O) groups excluding carboxylic acids is 1. The number of nitrogens with zero attached hydrogens (tertiary/aromatic N) is 2. The Hall–Kier alpha value is -0.650. The first-order valence-corrected chi connectivity index (χ1v) is 8.45. The van der Waals surface area contributed by atoms with Crippen molar-refractivity contribution in [2.24, 2.45) is 0 Å². The van der Waals surface area contributed by atoms with Crippen LogP contribution in [0.2, 0.25) is 0 Å². The molecule has 0 bridgehead atoms. The summed E-state index contributed by atoms with van der Waals surface area (Å²) in [5.74, 6) is -0.0822. The molecule has 122 valence electrons. The fraction of sp³-hybridized carbons (Fsp3) is 0.938. The second-order valence-corrected chi connectivity index (χ2v) is 6.32. The van der Waals surface area contributed by atoms with Crippen molar-refractivity contribution >= 4 is 5.97 Å². The van der Waals surface area contributed by atoms with Crippen LogP contribution in [0.3, 0.4) is 0 Å². The summed E-state index contributed by atoms with van der Waals surface area (Å²) in [4.78, 5) is 17.4. The van der Waals surface area contributed by atoms with Crippen molar-refractivity contribution in [2.75, 3.05) is 46.4 Å². The van der Waals surface area contributed by atoms with Crippen LogP contribution in [0.5, 0.6) is 0 Å². The monoisotopic (exact) mass is 297 g/mol. The summed E-state index contributed by atoms with van der Waals surface area (Å²) in [6.07, 6.45) is 4.09. The lowest BCUT2D eigenvalue weighted by atomic mass is 9.78. The lowest BCUT2D eigenvalue weighted by Gasteiger charge is -2.45. The zero-order valence-corrected chi connectivity index (χ0v) is 13.9. The lowest BCUT2D eigenvalue weighted by molar-refractivity contribution is -0.151. The quantitative estimate of drug-likeness (QED) is 0.770. The molecule has 2 aliphatic rings. The van der Waals surface area contributed by atoms with Crippen molar-refractivity contribution in [3.05, 3.63) is 0 Å². The highest BCUT2D eigenvalue weighted by molar-refractivity contribution is 5.81. The Balaban J connectivity index is 2.00. The Kier molecular flexibility index (Phi) is 6.02. The summed E-state index contributed by atoms with van der Waals surface area (Å²) >= 11 is 0. The van der Waals surface area contributed by atoms with Gasteiger partial charge in [0.2, 0.25) is 0 Å². The molecule has 1 saturated carbocycles. The maximum Gasteiger partial charge on any atom is 0.326 e. The number of hydrogen-bond donors (Lipinski definition) is 1. The SMILES string of the molecule is CCNC1(C(=O)OC)CCCC(N2CCN(CC)CC2)C1. The summed E-state index contributed by atoms with van der Waals surface area (Å²) < 4.78 is 5.09. The molecular formula is C16H31N3O2. The third kappa shape index (κ3) is 3.76. The van der Waals surface area contributed by atoms with E-state index >= 15 is 0 Å². The minimum atomic E-state index is -0.464. The molecule has 0 radical (unpaired) electrons. The molecule has 0 spiro atoms. The van der Waals surface area contributed by atoms with Gasteiger partial charge < -0.3 is 15.0 Å². The first-order chi connectivity index (χ1) is 10.1. The van der Waals surface area contributed by atoms with Crippen molar-refractivity contribution in [1.82, 2.24) is 15.1 Å². The molecule has 1 N–H and O–H groups in total. The molecule has 0 aromatic heterocycles. The topological polar surface area (TPSA) is 44.8 Å². The molecule has 2 rings (SSSR count). The van der Waals surface area contributed by atoms with Gasteiger partial charge in [0, 0.05) is 32.2 Å². The third-order valence-corrected chi connectivity index (χ3v) is 5.19. The number of rotatable bonds is 5. The molecule has 5 nitrogen and oxygen atoms in total. The summed E-state index contributed by atoms with van der Waals surface area (Å²) in [5, 5.41) is 3.43. The van der Waals surface area contributed by atoms with Crippen molar-refractivity contribution < 1.29 is 9.53 Å². The van der Waals surface area contributed by atoms with Gasteiger partial charge in [0.15, 0.2) is 0 Å². The normalized spacial score (nSPS) is 32.0. The fourth-order valence-corrected chi connectivity index (χ4v) is 3.95. The van der Waals surface area contributed by atoms with Crippen molar-refractivity contribution in [3.8, 4) is 0 Å². The molecule has 1 heterocycles. The van der Waals surface area contributed by atoms with E-state index in [0.29, 0.717) is 6.04 Å². The molecule has 1 aliphatic carbocycles. The molecule has 2 atom stereocenters. The second kappa shape index (κ2) is 7.56. The van der Waals surface area contributed by atoms with Gasteiger partial charge in [0.25, 0.3) is 0 Å². The standard InChI is InChI=1S/C16H31N3O2/c1-4-17-16(15(20)21-3)8-6-7-14(13-16)19-11-9-18(5-2)10-12-19/h14,17H,4-13H2,1-3H3. The van der Waals surface area contributed by atoms with E-state index < -0.39 is 5.54 Å². The van der Waals surface area contributed by atoms with Crippen molar-refractivity contribution in [2.45, 2.75) is 51.1 Å². The van der Waals surface area contributed by atoms with Gasteiger partial charge >= 0.3 is 5.97 Å². The van der Waals surface area contributed by atoms with Gasteiger partial charge in [-0.15, -0.1) is 0 Å². The number of nitrogens with one attached hydrogen (secondary N) is 1. The van der Waals surface area contributed by atoms with Gasteiger partial charge in [-0.3, -0.25) is 9.69 Å². The highest BCUT2D eigenvalue weighted by Crippen LogP contribution is 2.32. The van der Waals surface area contributed by atoms with Gasteiger partial charge in [-0.1, -0.05) is 13.8 Å². The number of likely N-dealkylation sites (N-methyl/N-ethyl adjacent to an activating group) is 2. The summed E-state index contributed by atoms with van der Waals surface area (Å²) in [6, 6.07) is 0.510. The van der Waals surface area contributed by atoms with E-state index in [2.05, 4.69) is 29.0 Å². The van der Waals surface area contributed by atoms with E-state index in [0.717, 1.165) is 58.5 Å². The average molecular weight is 297 g/mol. The van der Waals surface area contributed by atoms with Crippen LogP contribution in [0.15, 0.2) is 0 Å². The predicted octanol–water partition coefficient (Wildman–Crippen LogP) is 1.09. The number of esters is 1. The Bertz CT molecular complexity index is 338. The molecule has 1 aliphatic heterocycles. The molecule has 2 unspecified atom stereocenters. The van der Waals surface area contributed by atoms with Crippen LogP contribution in [0, 0.1) is 0 Å². The summed E-state index contributed by atoms with van der Waals surface area (Å²) in [5.41, 5.74) is -0.464. The Labute approximate surface area is 129 Å². The van der Waals surface area contributed by atoms with Gasteiger partial charge in [-0.05, 0) is 38.8 Å². The molecule has 5 heteroatoms.